The molecule has 0 aliphatic heterocycles. The molecule has 140 valence electrons. The van der Waals surface area contributed by atoms with Gasteiger partial charge in [0.15, 0.2) is 0 Å². The van der Waals surface area contributed by atoms with Crippen LogP contribution in [0.5, 0.6) is 0 Å². The van der Waals surface area contributed by atoms with Crippen molar-refractivity contribution in [3.63, 3.8) is 0 Å². The smallest absolute Gasteiger partial charge is 0.251 e. The molecule has 3 aromatic rings. The minimum absolute atomic E-state index is 0.117. The lowest BCUT2D eigenvalue weighted by molar-refractivity contribution is 0.0954. The molecule has 0 spiro atoms. The molecule has 7 heteroatoms. The van der Waals surface area contributed by atoms with Crippen molar-refractivity contribution >= 4 is 5.91 Å². The second kappa shape index (κ2) is 8.07. The van der Waals surface area contributed by atoms with Gasteiger partial charge < -0.3 is 5.32 Å². The Morgan fingerprint density at radius 2 is 2.04 bits per heavy atom. The zero-order valence-corrected chi connectivity index (χ0v) is 16.1. The molecule has 2 aromatic heterocycles. The molecule has 0 saturated heterocycles. The minimum atomic E-state index is -0.117. The maximum Gasteiger partial charge on any atom is 0.251 e. The van der Waals surface area contributed by atoms with E-state index in [-0.39, 0.29) is 11.8 Å². The van der Waals surface area contributed by atoms with Crippen LogP contribution in [0.4, 0.5) is 0 Å². The molecule has 1 aromatic carbocycles. The number of amides is 1. The van der Waals surface area contributed by atoms with Crippen LogP contribution in [0.3, 0.4) is 0 Å². The maximum atomic E-state index is 12.5. The monoisotopic (exact) mass is 364 g/mol. The van der Waals surface area contributed by atoms with E-state index in [2.05, 4.69) is 39.2 Å². The first-order valence-corrected chi connectivity index (χ1v) is 9.01. The van der Waals surface area contributed by atoms with Crippen LogP contribution < -0.4 is 5.32 Å². The zero-order chi connectivity index (χ0) is 19.4. The average Bonchev–Trinajstić information content (AvgIpc) is 3.06. The van der Waals surface area contributed by atoms with Gasteiger partial charge in [0.25, 0.3) is 5.91 Å². The highest BCUT2D eigenvalue weighted by atomic mass is 16.1. The summed E-state index contributed by atoms with van der Waals surface area (Å²) < 4.78 is 1.70. The van der Waals surface area contributed by atoms with Gasteiger partial charge in [0.1, 0.15) is 18.0 Å². The van der Waals surface area contributed by atoms with Crippen LogP contribution in [0.1, 0.15) is 47.5 Å². The van der Waals surface area contributed by atoms with E-state index in [4.69, 9.17) is 0 Å². The Balaban J connectivity index is 1.73. The van der Waals surface area contributed by atoms with Crippen LogP contribution in [0.2, 0.25) is 0 Å². The Hall–Kier alpha value is -3.09. The van der Waals surface area contributed by atoms with Crippen molar-refractivity contribution in [3.05, 3.63) is 59.6 Å². The third-order valence-corrected chi connectivity index (χ3v) is 4.25. The van der Waals surface area contributed by atoms with Crippen molar-refractivity contribution in [3.8, 4) is 11.3 Å². The fraction of sp³-hybridized carbons (Fsp3) is 0.350. The van der Waals surface area contributed by atoms with Gasteiger partial charge in [0, 0.05) is 42.8 Å². The van der Waals surface area contributed by atoms with Gasteiger partial charge in [-0.05, 0) is 25.1 Å². The lowest BCUT2D eigenvalue weighted by atomic mass is 10.1. The third kappa shape index (κ3) is 4.55. The van der Waals surface area contributed by atoms with Gasteiger partial charge in [-0.1, -0.05) is 26.0 Å². The number of rotatable bonds is 6. The van der Waals surface area contributed by atoms with Crippen molar-refractivity contribution in [2.24, 2.45) is 7.05 Å². The lowest BCUT2D eigenvalue weighted by Gasteiger charge is -2.10. The summed E-state index contributed by atoms with van der Waals surface area (Å²) in [4.78, 5) is 25.8. The van der Waals surface area contributed by atoms with Crippen LogP contribution in [-0.2, 0) is 13.5 Å². The van der Waals surface area contributed by atoms with Gasteiger partial charge in [0.2, 0.25) is 0 Å². The standard InChI is InChI=1S/C20H24N6O/c1-13(2)19-24-14(3)10-17(25-19)15-6-5-7-16(11-15)20(27)21-9-8-18-22-12-23-26(18)4/h5-7,10-13H,8-9H2,1-4H3,(H,21,27). The van der Waals surface area contributed by atoms with E-state index in [1.54, 1.807) is 10.7 Å². The van der Waals surface area contributed by atoms with Gasteiger partial charge >= 0.3 is 0 Å². The first kappa shape index (κ1) is 18.7. The molecular formula is C20H24N6O. The van der Waals surface area contributed by atoms with Gasteiger partial charge in [-0.25, -0.2) is 15.0 Å². The SMILES string of the molecule is Cc1cc(-c2cccc(C(=O)NCCc3ncnn3C)c2)nc(C(C)C)n1. The van der Waals surface area contributed by atoms with E-state index in [1.165, 1.54) is 6.33 Å². The maximum absolute atomic E-state index is 12.5. The second-order valence-electron chi connectivity index (χ2n) is 6.79. The molecule has 7 nitrogen and oxygen atoms in total. The zero-order valence-electron chi connectivity index (χ0n) is 16.1. The summed E-state index contributed by atoms with van der Waals surface area (Å²) in [6.07, 6.45) is 2.14. The summed E-state index contributed by atoms with van der Waals surface area (Å²) >= 11 is 0. The second-order valence-corrected chi connectivity index (χ2v) is 6.79. The molecule has 0 radical (unpaired) electrons. The average molecular weight is 364 g/mol. The van der Waals surface area contributed by atoms with Crippen LogP contribution in [0.25, 0.3) is 11.3 Å². The van der Waals surface area contributed by atoms with Crippen molar-refractivity contribution in [2.75, 3.05) is 6.54 Å². The number of aromatic nitrogens is 5. The molecule has 0 atom stereocenters. The van der Waals surface area contributed by atoms with Crippen molar-refractivity contribution < 1.29 is 4.79 Å². The van der Waals surface area contributed by atoms with Crippen molar-refractivity contribution in [2.45, 2.75) is 33.1 Å². The number of carbonyl (C=O) groups is 1. The van der Waals surface area contributed by atoms with Gasteiger partial charge in [-0.3, -0.25) is 9.48 Å². The minimum Gasteiger partial charge on any atom is -0.352 e. The first-order valence-electron chi connectivity index (χ1n) is 9.01. The Morgan fingerprint density at radius 3 is 2.74 bits per heavy atom. The summed E-state index contributed by atoms with van der Waals surface area (Å²) in [6, 6.07) is 9.45. The highest BCUT2D eigenvalue weighted by Gasteiger charge is 2.11. The predicted octanol–water partition coefficient (Wildman–Crippen LogP) is 2.68. The fourth-order valence-electron chi connectivity index (χ4n) is 2.75. The Bertz CT molecular complexity index is 947. The number of carbonyl (C=O) groups excluding carboxylic acids is 1. The summed E-state index contributed by atoms with van der Waals surface area (Å²) in [5.74, 6) is 1.77. The highest BCUT2D eigenvalue weighted by molar-refractivity contribution is 5.95. The quantitative estimate of drug-likeness (QED) is 0.727. The van der Waals surface area contributed by atoms with Gasteiger partial charge in [-0.15, -0.1) is 0 Å². The summed E-state index contributed by atoms with van der Waals surface area (Å²) in [5.41, 5.74) is 3.26. The highest BCUT2D eigenvalue weighted by Crippen LogP contribution is 2.21. The molecule has 0 aliphatic carbocycles. The molecule has 27 heavy (non-hydrogen) atoms. The van der Waals surface area contributed by atoms with Crippen molar-refractivity contribution in [1.29, 1.82) is 0 Å². The molecule has 2 heterocycles. The molecule has 1 N–H and O–H groups in total. The van der Waals surface area contributed by atoms with Crippen molar-refractivity contribution in [1.82, 2.24) is 30.0 Å². The van der Waals surface area contributed by atoms with E-state index in [1.807, 2.05) is 38.2 Å². The molecule has 0 unspecified atom stereocenters. The fourth-order valence-corrected chi connectivity index (χ4v) is 2.75. The number of hydrogen-bond acceptors (Lipinski definition) is 5. The number of nitrogens with one attached hydrogen (secondary N) is 1. The summed E-state index contributed by atoms with van der Waals surface area (Å²) in [5, 5.41) is 6.96. The lowest BCUT2D eigenvalue weighted by Crippen LogP contribution is -2.26. The number of nitrogens with zero attached hydrogens (tertiary/aromatic N) is 5. The van der Waals surface area contributed by atoms with Gasteiger partial charge in [0.05, 0.1) is 5.69 Å². The first-order chi connectivity index (χ1) is 12.9. The van der Waals surface area contributed by atoms with Gasteiger partial charge in [-0.2, -0.15) is 5.10 Å². The molecule has 3 rings (SSSR count). The Labute approximate surface area is 158 Å². The predicted molar refractivity (Wildman–Crippen MR) is 103 cm³/mol. The summed E-state index contributed by atoms with van der Waals surface area (Å²) in [6.45, 7) is 6.60. The topological polar surface area (TPSA) is 85.6 Å². The van der Waals surface area contributed by atoms with E-state index >= 15 is 0 Å². The van der Waals surface area contributed by atoms with Crippen LogP contribution in [-0.4, -0.2) is 37.2 Å². The molecular weight excluding hydrogens is 340 g/mol. The van der Waals surface area contributed by atoms with E-state index in [0.29, 0.717) is 18.5 Å². The molecule has 0 bridgehead atoms. The number of aryl methyl sites for hydroxylation is 2. The largest absolute Gasteiger partial charge is 0.352 e. The molecule has 0 aliphatic rings. The summed E-state index contributed by atoms with van der Waals surface area (Å²) in [7, 11) is 1.84. The van der Waals surface area contributed by atoms with Crippen LogP contribution in [0.15, 0.2) is 36.7 Å². The Morgan fingerprint density at radius 1 is 1.22 bits per heavy atom. The van der Waals surface area contributed by atoms with Crippen LogP contribution in [0, 0.1) is 6.92 Å². The molecule has 1 amide bonds. The number of benzene rings is 1. The third-order valence-electron chi connectivity index (χ3n) is 4.25. The molecule has 0 fully saturated rings. The van der Waals surface area contributed by atoms with E-state index in [0.717, 1.165) is 28.6 Å². The number of hydrogen-bond donors (Lipinski definition) is 1. The van der Waals surface area contributed by atoms with E-state index < -0.39 is 0 Å². The normalized spacial score (nSPS) is 11.0. The van der Waals surface area contributed by atoms with Crippen LogP contribution >= 0.6 is 0 Å². The Kier molecular flexibility index (Phi) is 5.59. The van der Waals surface area contributed by atoms with E-state index in [9.17, 15) is 4.79 Å². The molecule has 0 saturated carbocycles.